The summed E-state index contributed by atoms with van der Waals surface area (Å²) in [5.41, 5.74) is 5.68. The predicted octanol–water partition coefficient (Wildman–Crippen LogP) is 8.01. The first-order chi connectivity index (χ1) is 17.5. The number of pyridine rings is 1. The molecule has 0 fully saturated rings. The van der Waals surface area contributed by atoms with Crippen molar-refractivity contribution in [1.29, 1.82) is 0 Å². The average molecular weight is 506 g/mol. The molecule has 0 amide bonds. The smallest absolute Gasteiger partial charge is 0.241 e. The van der Waals surface area contributed by atoms with Crippen LogP contribution in [0.5, 0.6) is 11.5 Å². The summed E-state index contributed by atoms with van der Waals surface area (Å²) >= 11 is 0. The maximum atomic E-state index is 13.1. The molecular formula is C34H40BNO2. The van der Waals surface area contributed by atoms with Crippen LogP contribution in [-0.2, 0) is 19.3 Å². The largest absolute Gasteiger partial charge is 0.456 e. The maximum Gasteiger partial charge on any atom is 0.241 e. The molecule has 3 aromatic carbocycles. The molecule has 0 saturated carbocycles. The number of hydrogen-bond donors (Lipinski definition) is 1. The van der Waals surface area contributed by atoms with Gasteiger partial charge in [0.05, 0.1) is 5.69 Å². The Bertz CT molecular complexity index is 1640. The number of hydrogen-bond acceptors (Lipinski definition) is 2. The van der Waals surface area contributed by atoms with Gasteiger partial charge in [-0.25, -0.2) is 0 Å². The Balaban J connectivity index is 1.84. The molecule has 1 aliphatic rings. The van der Waals surface area contributed by atoms with Gasteiger partial charge in [-0.3, -0.25) is 4.79 Å². The highest BCUT2D eigenvalue weighted by molar-refractivity contribution is 6.39. The van der Waals surface area contributed by atoms with Crippen molar-refractivity contribution in [3.05, 3.63) is 63.4 Å². The highest BCUT2D eigenvalue weighted by Gasteiger charge is 2.29. The van der Waals surface area contributed by atoms with Crippen molar-refractivity contribution in [2.75, 3.05) is 0 Å². The third-order valence-electron chi connectivity index (χ3n) is 7.10. The number of H-pyrrole nitrogens is 1. The second-order valence-electron chi connectivity index (χ2n) is 14.9. The first-order valence-electron chi connectivity index (χ1n) is 13.7. The lowest BCUT2D eigenvalue weighted by atomic mass is 9.81. The molecule has 1 aliphatic heterocycles. The quantitative estimate of drug-likeness (QED) is 0.252. The van der Waals surface area contributed by atoms with Crippen LogP contribution in [0.4, 0.5) is 0 Å². The molecule has 0 unspecified atom stereocenters. The molecule has 4 heteroatoms. The number of fused-ring (bicyclic) bond motifs is 3. The third kappa shape index (κ3) is 5.15. The lowest BCUT2D eigenvalue weighted by Gasteiger charge is -2.29. The van der Waals surface area contributed by atoms with E-state index in [9.17, 15) is 4.79 Å². The van der Waals surface area contributed by atoms with Crippen LogP contribution >= 0.6 is 0 Å². The minimum atomic E-state index is -0.252. The van der Waals surface area contributed by atoms with Crippen LogP contribution in [0.2, 0.25) is 0 Å². The standard InChI is InChI=1S/C34H40BNO2/c1-32(2,3)16-19-10-11-22-21(12-19)15-24-29-27-23(28(35)31(37)36-29)13-20(17-33(4,5)6)14-26(27)38-30(24)25(22)18-34(7,8)9/h10-15H,16-18H2,1-9H3,(H,36,37). The van der Waals surface area contributed by atoms with Crippen LogP contribution in [0.1, 0.15) is 79.0 Å². The van der Waals surface area contributed by atoms with Crippen LogP contribution in [0.3, 0.4) is 0 Å². The average Bonchev–Trinajstić information content (AvgIpc) is 2.74. The van der Waals surface area contributed by atoms with E-state index in [0.717, 1.165) is 58.4 Å². The summed E-state index contributed by atoms with van der Waals surface area (Å²) in [6.45, 7) is 20.2. The maximum absolute atomic E-state index is 13.1. The van der Waals surface area contributed by atoms with Gasteiger partial charge < -0.3 is 9.72 Å². The van der Waals surface area contributed by atoms with Gasteiger partial charge in [-0.15, -0.1) is 0 Å². The highest BCUT2D eigenvalue weighted by atomic mass is 16.5. The fourth-order valence-corrected chi connectivity index (χ4v) is 5.86. The molecule has 0 spiro atoms. The summed E-state index contributed by atoms with van der Waals surface area (Å²) in [5, 5.41) is 4.04. The lowest BCUT2D eigenvalue weighted by molar-refractivity contribution is 0.398. The van der Waals surface area contributed by atoms with E-state index in [1.165, 1.54) is 21.9 Å². The van der Waals surface area contributed by atoms with E-state index in [0.29, 0.717) is 0 Å². The van der Waals surface area contributed by atoms with Crippen molar-refractivity contribution >= 4 is 34.9 Å². The Labute approximate surface area is 228 Å². The summed E-state index contributed by atoms with van der Waals surface area (Å²) < 4.78 is 6.82. The van der Waals surface area contributed by atoms with Gasteiger partial charge in [0, 0.05) is 16.5 Å². The third-order valence-corrected chi connectivity index (χ3v) is 7.10. The molecule has 0 aliphatic carbocycles. The molecule has 2 heterocycles. The van der Waals surface area contributed by atoms with E-state index in [2.05, 4.69) is 104 Å². The van der Waals surface area contributed by atoms with Crippen molar-refractivity contribution in [3.63, 3.8) is 0 Å². The zero-order chi connectivity index (χ0) is 27.8. The summed E-state index contributed by atoms with van der Waals surface area (Å²) in [6.07, 6.45) is 2.70. The summed E-state index contributed by atoms with van der Waals surface area (Å²) in [5.74, 6) is 1.61. The zero-order valence-corrected chi connectivity index (χ0v) is 24.5. The number of ether oxygens (including phenoxy) is 1. The second kappa shape index (κ2) is 8.76. The summed E-state index contributed by atoms with van der Waals surface area (Å²) in [4.78, 5) is 16.3. The van der Waals surface area contributed by atoms with Crippen molar-refractivity contribution in [2.45, 2.75) is 81.6 Å². The molecule has 0 bridgehead atoms. The van der Waals surface area contributed by atoms with Gasteiger partial charge in [-0.1, -0.05) is 86.6 Å². The van der Waals surface area contributed by atoms with Gasteiger partial charge in [0.1, 0.15) is 19.3 Å². The van der Waals surface area contributed by atoms with E-state index in [1.54, 1.807) is 0 Å². The molecule has 0 atom stereocenters. The number of aromatic nitrogens is 1. The number of benzene rings is 3. The van der Waals surface area contributed by atoms with Crippen LogP contribution in [0.15, 0.2) is 41.2 Å². The van der Waals surface area contributed by atoms with Crippen LogP contribution in [0.25, 0.3) is 32.8 Å². The van der Waals surface area contributed by atoms with Gasteiger partial charge in [0.25, 0.3) is 0 Å². The van der Waals surface area contributed by atoms with Gasteiger partial charge in [-0.2, -0.15) is 0 Å². The van der Waals surface area contributed by atoms with E-state index >= 15 is 0 Å². The molecular weight excluding hydrogens is 465 g/mol. The Morgan fingerprint density at radius 1 is 0.763 bits per heavy atom. The minimum absolute atomic E-state index is 0.0493. The first-order valence-corrected chi connectivity index (χ1v) is 13.7. The fraction of sp³-hybridized carbons (Fsp3) is 0.441. The van der Waals surface area contributed by atoms with Crippen LogP contribution in [0, 0.1) is 16.2 Å². The molecule has 3 nitrogen and oxygen atoms in total. The molecule has 4 aromatic rings. The van der Waals surface area contributed by atoms with Crippen LogP contribution in [-0.4, -0.2) is 12.8 Å². The molecule has 5 rings (SSSR count). The molecule has 38 heavy (non-hydrogen) atoms. The molecule has 1 N–H and O–H groups in total. The predicted molar refractivity (Wildman–Crippen MR) is 162 cm³/mol. The Morgan fingerprint density at radius 3 is 2.03 bits per heavy atom. The summed E-state index contributed by atoms with van der Waals surface area (Å²) in [7, 11) is 6.37. The zero-order valence-electron chi connectivity index (χ0n) is 24.5. The number of nitrogens with one attached hydrogen (secondary N) is 1. The normalized spacial score (nSPS) is 13.6. The number of rotatable bonds is 3. The Hall–Kier alpha value is -3.01. The van der Waals surface area contributed by atoms with Crippen molar-refractivity contribution in [2.24, 2.45) is 16.2 Å². The van der Waals surface area contributed by atoms with Gasteiger partial charge in [0.15, 0.2) is 0 Å². The van der Waals surface area contributed by atoms with Crippen molar-refractivity contribution in [3.8, 4) is 22.8 Å². The van der Waals surface area contributed by atoms with Crippen molar-refractivity contribution < 1.29 is 4.74 Å². The lowest BCUT2D eigenvalue weighted by Crippen LogP contribution is -2.29. The van der Waals surface area contributed by atoms with Crippen LogP contribution < -0.4 is 15.8 Å². The topological polar surface area (TPSA) is 42.1 Å². The SMILES string of the molecule is [B]c1c(=O)[nH]c2c3c(cc(CC(C)(C)C)cc13)Oc1c-2cc2cc(CC(C)(C)C)ccc2c1CC(C)(C)C. The fourth-order valence-electron chi connectivity index (χ4n) is 5.86. The van der Waals surface area contributed by atoms with Crippen molar-refractivity contribution in [1.82, 2.24) is 4.98 Å². The van der Waals surface area contributed by atoms with E-state index in [-0.39, 0.29) is 27.3 Å². The van der Waals surface area contributed by atoms with E-state index in [1.807, 2.05) is 0 Å². The first kappa shape index (κ1) is 26.6. The second-order valence-corrected chi connectivity index (χ2v) is 14.9. The Morgan fingerprint density at radius 2 is 1.39 bits per heavy atom. The molecule has 1 aromatic heterocycles. The van der Waals surface area contributed by atoms with Gasteiger partial charge >= 0.3 is 0 Å². The van der Waals surface area contributed by atoms with E-state index in [4.69, 9.17) is 12.6 Å². The highest BCUT2D eigenvalue weighted by Crippen LogP contribution is 2.50. The minimum Gasteiger partial charge on any atom is -0.456 e. The number of aromatic amines is 1. The Kier molecular flexibility index (Phi) is 6.13. The van der Waals surface area contributed by atoms with Gasteiger partial charge in [0.2, 0.25) is 5.56 Å². The molecule has 0 saturated heterocycles. The summed E-state index contributed by atoms with van der Waals surface area (Å²) in [6, 6.07) is 13.2. The molecule has 2 radical (unpaired) electrons. The molecule has 196 valence electrons. The monoisotopic (exact) mass is 505 g/mol. The van der Waals surface area contributed by atoms with E-state index < -0.39 is 0 Å². The van der Waals surface area contributed by atoms with Gasteiger partial charge in [-0.05, 0) is 80.4 Å².